The third-order valence-corrected chi connectivity index (χ3v) is 4.44. The van der Waals surface area contributed by atoms with Gasteiger partial charge in [0.1, 0.15) is 0 Å². The van der Waals surface area contributed by atoms with Gasteiger partial charge < -0.3 is 4.90 Å². The molecule has 20 heavy (non-hydrogen) atoms. The van der Waals surface area contributed by atoms with Crippen LogP contribution in [0.3, 0.4) is 0 Å². The second-order valence-electron chi connectivity index (χ2n) is 6.24. The molecule has 0 saturated carbocycles. The van der Waals surface area contributed by atoms with Crippen LogP contribution in [0, 0.1) is 12.8 Å². The largest absolute Gasteiger partial charge is 0.301 e. The van der Waals surface area contributed by atoms with Gasteiger partial charge in [-0.2, -0.15) is 5.10 Å². The van der Waals surface area contributed by atoms with Gasteiger partial charge in [-0.05, 0) is 64.8 Å². The number of aromatic nitrogens is 3. The zero-order valence-electron chi connectivity index (χ0n) is 12.7. The minimum atomic E-state index is 0.673. The molecule has 0 spiro atoms. The van der Waals surface area contributed by atoms with E-state index in [9.17, 15) is 0 Å². The number of fused-ring (bicyclic) bond motifs is 1. The summed E-state index contributed by atoms with van der Waals surface area (Å²) in [6.07, 6.45) is 3.56. The summed E-state index contributed by atoms with van der Waals surface area (Å²) in [5.41, 5.74) is 2.12. The number of piperidine rings is 1. The number of rotatable bonds is 3. The van der Waals surface area contributed by atoms with E-state index in [-0.39, 0.29) is 0 Å². The van der Waals surface area contributed by atoms with Crippen molar-refractivity contribution in [1.29, 1.82) is 0 Å². The van der Waals surface area contributed by atoms with Gasteiger partial charge in [0.25, 0.3) is 0 Å². The van der Waals surface area contributed by atoms with Crippen molar-refractivity contribution >= 4 is 5.65 Å². The van der Waals surface area contributed by atoms with E-state index in [1.54, 1.807) is 0 Å². The molecule has 1 aliphatic heterocycles. The van der Waals surface area contributed by atoms with Gasteiger partial charge in [-0.25, -0.2) is 9.50 Å². The fraction of sp³-hybridized carbons (Fsp3) is 0.625. The second-order valence-corrected chi connectivity index (χ2v) is 6.24. The lowest BCUT2D eigenvalue weighted by Crippen LogP contribution is -2.38. The van der Waals surface area contributed by atoms with Crippen molar-refractivity contribution in [2.75, 3.05) is 13.1 Å². The first-order chi connectivity index (χ1) is 9.63. The molecule has 0 bridgehead atoms. The number of nitrogens with zero attached hydrogens (tertiary/aromatic N) is 4. The van der Waals surface area contributed by atoms with Crippen LogP contribution in [0.15, 0.2) is 18.2 Å². The molecule has 3 rings (SSSR count). The SMILES string of the molecule is Cc1cccc2nc(CC3CCN(C(C)C)CC3)nn12. The minimum absolute atomic E-state index is 0.673. The summed E-state index contributed by atoms with van der Waals surface area (Å²) in [6.45, 7) is 9.08. The Morgan fingerprint density at radius 1 is 1.25 bits per heavy atom. The summed E-state index contributed by atoms with van der Waals surface area (Å²) in [5, 5.41) is 4.65. The maximum absolute atomic E-state index is 4.66. The quantitative estimate of drug-likeness (QED) is 0.861. The molecule has 108 valence electrons. The Hall–Kier alpha value is -1.42. The molecule has 1 aliphatic rings. The average Bonchev–Trinajstić information content (AvgIpc) is 2.83. The molecule has 3 heterocycles. The molecule has 1 saturated heterocycles. The highest BCUT2D eigenvalue weighted by Crippen LogP contribution is 2.22. The summed E-state index contributed by atoms with van der Waals surface area (Å²) in [5.74, 6) is 1.74. The van der Waals surface area contributed by atoms with Crippen LogP contribution in [-0.4, -0.2) is 38.6 Å². The molecule has 4 heteroatoms. The fourth-order valence-electron chi connectivity index (χ4n) is 3.10. The van der Waals surface area contributed by atoms with Crippen molar-refractivity contribution in [3.05, 3.63) is 29.7 Å². The Bertz CT molecular complexity index is 579. The Labute approximate surface area is 120 Å². The smallest absolute Gasteiger partial charge is 0.155 e. The predicted molar refractivity (Wildman–Crippen MR) is 80.9 cm³/mol. The van der Waals surface area contributed by atoms with Crippen LogP contribution < -0.4 is 0 Å². The standard InChI is InChI=1S/C16H24N4/c1-12(2)19-9-7-14(8-10-19)11-15-17-16-6-4-5-13(3)20(16)18-15/h4-6,12,14H,7-11H2,1-3H3. The van der Waals surface area contributed by atoms with Crippen LogP contribution in [-0.2, 0) is 6.42 Å². The van der Waals surface area contributed by atoms with Gasteiger partial charge >= 0.3 is 0 Å². The van der Waals surface area contributed by atoms with Gasteiger partial charge in [-0.3, -0.25) is 0 Å². The Kier molecular flexibility index (Phi) is 3.74. The molecule has 0 unspecified atom stereocenters. The molecule has 0 atom stereocenters. The normalized spacial score (nSPS) is 18.2. The summed E-state index contributed by atoms with van der Waals surface area (Å²) < 4.78 is 1.96. The van der Waals surface area contributed by atoms with E-state index in [4.69, 9.17) is 0 Å². The first kappa shape index (κ1) is 13.6. The lowest BCUT2D eigenvalue weighted by molar-refractivity contribution is 0.148. The third-order valence-electron chi connectivity index (χ3n) is 4.44. The van der Waals surface area contributed by atoms with Crippen LogP contribution in [0.1, 0.15) is 38.2 Å². The van der Waals surface area contributed by atoms with Gasteiger partial charge in [0.05, 0.1) is 0 Å². The highest BCUT2D eigenvalue weighted by atomic mass is 15.3. The highest BCUT2D eigenvalue weighted by Gasteiger charge is 2.22. The van der Waals surface area contributed by atoms with Gasteiger partial charge in [0.15, 0.2) is 11.5 Å². The van der Waals surface area contributed by atoms with Gasteiger partial charge in [-0.1, -0.05) is 6.07 Å². The van der Waals surface area contributed by atoms with Crippen LogP contribution in [0.25, 0.3) is 5.65 Å². The lowest BCUT2D eigenvalue weighted by atomic mass is 9.93. The topological polar surface area (TPSA) is 33.4 Å². The number of hydrogen-bond acceptors (Lipinski definition) is 3. The van der Waals surface area contributed by atoms with Crippen LogP contribution >= 0.6 is 0 Å². The van der Waals surface area contributed by atoms with Crippen molar-refractivity contribution in [2.45, 2.75) is 46.1 Å². The van der Waals surface area contributed by atoms with E-state index in [1.807, 2.05) is 16.6 Å². The molecule has 1 fully saturated rings. The number of likely N-dealkylation sites (tertiary alicyclic amines) is 1. The van der Waals surface area contributed by atoms with E-state index >= 15 is 0 Å². The van der Waals surface area contributed by atoms with Crippen LogP contribution in [0.5, 0.6) is 0 Å². The first-order valence-corrected chi connectivity index (χ1v) is 7.69. The number of pyridine rings is 1. The van der Waals surface area contributed by atoms with Gasteiger partial charge in [-0.15, -0.1) is 0 Å². The molecular formula is C16H24N4. The van der Waals surface area contributed by atoms with Crippen LogP contribution in [0.2, 0.25) is 0 Å². The Morgan fingerprint density at radius 3 is 2.65 bits per heavy atom. The molecule has 0 aliphatic carbocycles. The fourth-order valence-corrected chi connectivity index (χ4v) is 3.10. The molecule has 0 radical (unpaired) electrons. The second kappa shape index (κ2) is 5.52. The summed E-state index contributed by atoms with van der Waals surface area (Å²) >= 11 is 0. The van der Waals surface area contributed by atoms with Gasteiger partial charge in [0, 0.05) is 18.2 Å². The molecular weight excluding hydrogens is 248 g/mol. The van der Waals surface area contributed by atoms with E-state index in [1.165, 1.54) is 25.9 Å². The maximum Gasteiger partial charge on any atom is 0.155 e. The zero-order valence-corrected chi connectivity index (χ0v) is 12.7. The van der Waals surface area contributed by atoms with Crippen molar-refractivity contribution < 1.29 is 0 Å². The predicted octanol–water partition coefficient (Wildman–Crippen LogP) is 2.70. The zero-order chi connectivity index (χ0) is 14.1. The number of hydrogen-bond donors (Lipinski definition) is 0. The molecule has 4 nitrogen and oxygen atoms in total. The van der Waals surface area contributed by atoms with E-state index in [2.05, 4.69) is 41.8 Å². The number of aryl methyl sites for hydroxylation is 1. The molecule has 2 aromatic rings. The van der Waals surface area contributed by atoms with E-state index < -0.39 is 0 Å². The monoisotopic (exact) mass is 272 g/mol. The third kappa shape index (κ3) is 2.70. The van der Waals surface area contributed by atoms with Crippen molar-refractivity contribution in [1.82, 2.24) is 19.5 Å². The summed E-state index contributed by atoms with van der Waals surface area (Å²) in [6, 6.07) is 6.83. The van der Waals surface area contributed by atoms with Gasteiger partial charge in [0.2, 0.25) is 0 Å². The maximum atomic E-state index is 4.66. The Balaban J connectivity index is 1.67. The molecule has 0 amide bonds. The molecule has 0 aromatic carbocycles. The van der Waals surface area contributed by atoms with E-state index in [0.29, 0.717) is 6.04 Å². The lowest BCUT2D eigenvalue weighted by Gasteiger charge is -2.34. The van der Waals surface area contributed by atoms with Crippen LogP contribution in [0.4, 0.5) is 0 Å². The average molecular weight is 272 g/mol. The van der Waals surface area contributed by atoms with E-state index in [0.717, 1.165) is 29.5 Å². The Morgan fingerprint density at radius 2 is 2.00 bits per heavy atom. The highest BCUT2D eigenvalue weighted by molar-refractivity contribution is 5.38. The van der Waals surface area contributed by atoms with Crippen molar-refractivity contribution in [3.63, 3.8) is 0 Å². The van der Waals surface area contributed by atoms with Crippen molar-refractivity contribution in [3.8, 4) is 0 Å². The van der Waals surface area contributed by atoms with Crippen molar-refractivity contribution in [2.24, 2.45) is 5.92 Å². The summed E-state index contributed by atoms with van der Waals surface area (Å²) in [7, 11) is 0. The first-order valence-electron chi connectivity index (χ1n) is 7.69. The minimum Gasteiger partial charge on any atom is -0.301 e. The molecule has 0 N–H and O–H groups in total. The molecule has 2 aromatic heterocycles. The summed E-state index contributed by atoms with van der Waals surface area (Å²) in [4.78, 5) is 7.23.